The second-order valence-corrected chi connectivity index (χ2v) is 16.3. The number of hydrogen-bond donors (Lipinski definition) is 1. The Morgan fingerprint density at radius 1 is 0.804 bits per heavy atom. The molecule has 0 spiro atoms. The highest BCUT2D eigenvalue weighted by Crippen LogP contribution is 2.60. The number of nitrogens with zero attached hydrogens (tertiary/aromatic N) is 2. The summed E-state index contributed by atoms with van der Waals surface area (Å²) in [5.74, 6) is 1.73. The van der Waals surface area contributed by atoms with E-state index < -0.39 is 28.5 Å². The highest BCUT2D eigenvalue weighted by molar-refractivity contribution is 7.92. The van der Waals surface area contributed by atoms with Gasteiger partial charge in [0.2, 0.25) is 21.8 Å². The van der Waals surface area contributed by atoms with Gasteiger partial charge in [-0.1, -0.05) is 72.8 Å². The van der Waals surface area contributed by atoms with Crippen LogP contribution in [0.4, 0.5) is 5.69 Å². The molecular weight excluding hydrogens is 595 g/mol. The molecular formula is C38H47N3O4S. The van der Waals surface area contributed by atoms with Crippen molar-refractivity contribution in [2.75, 3.05) is 17.1 Å². The van der Waals surface area contributed by atoms with Crippen molar-refractivity contribution in [3.8, 4) is 0 Å². The Morgan fingerprint density at radius 3 is 1.83 bits per heavy atom. The molecule has 3 aromatic carbocycles. The van der Waals surface area contributed by atoms with Gasteiger partial charge < -0.3 is 10.2 Å². The summed E-state index contributed by atoms with van der Waals surface area (Å²) in [4.78, 5) is 29.6. The van der Waals surface area contributed by atoms with Crippen molar-refractivity contribution in [2.24, 2.45) is 17.8 Å². The van der Waals surface area contributed by atoms with Crippen LogP contribution in [0.5, 0.6) is 0 Å². The summed E-state index contributed by atoms with van der Waals surface area (Å²) >= 11 is 0. The van der Waals surface area contributed by atoms with E-state index in [1.165, 1.54) is 48.4 Å². The molecule has 2 amide bonds. The molecule has 0 saturated heterocycles. The minimum absolute atomic E-state index is 0.126. The van der Waals surface area contributed by atoms with Crippen molar-refractivity contribution < 1.29 is 18.0 Å². The van der Waals surface area contributed by atoms with Crippen LogP contribution in [0.1, 0.15) is 69.1 Å². The third-order valence-electron chi connectivity index (χ3n) is 10.4. The van der Waals surface area contributed by atoms with Gasteiger partial charge in [0.15, 0.2) is 0 Å². The summed E-state index contributed by atoms with van der Waals surface area (Å²) in [6.45, 7) is 3.55. The Kier molecular flexibility index (Phi) is 9.28. The van der Waals surface area contributed by atoms with E-state index in [-0.39, 0.29) is 23.9 Å². The van der Waals surface area contributed by atoms with Crippen LogP contribution in [-0.2, 0) is 38.0 Å². The fraction of sp³-hybridized carbons (Fsp3) is 0.474. The molecule has 7 nitrogen and oxygen atoms in total. The van der Waals surface area contributed by atoms with Crippen LogP contribution >= 0.6 is 0 Å². The summed E-state index contributed by atoms with van der Waals surface area (Å²) in [6, 6.07) is 26.1. The van der Waals surface area contributed by atoms with E-state index in [2.05, 4.69) is 17.4 Å². The van der Waals surface area contributed by atoms with Crippen LogP contribution in [0.15, 0.2) is 84.9 Å². The van der Waals surface area contributed by atoms with Gasteiger partial charge >= 0.3 is 0 Å². The lowest BCUT2D eigenvalue weighted by molar-refractivity contribution is -0.140. The van der Waals surface area contributed by atoms with Crippen LogP contribution in [-0.4, -0.2) is 50.0 Å². The SMILES string of the molecule is CC(C)NC(=O)[C@H](Cc1ccccc1)N(Cc1ccccc1)C(=O)CN(c1ccc(C23CC4CC(CC(C4)C2)C3)cc1)S(C)(=O)=O. The quantitative estimate of drug-likeness (QED) is 0.260. The van der Waals surface area contributed by atoms with Gasteiger partial charge in [-0.2, -0.15) is 0 Å². The van der Waals surface area contributed by atoms with E-state index in [0.29, 0.717) is 12.1 Å². The maximum absolute atomic E-state index is 14.3. The van der Waals surface area contributed by atoms with Gasteiger partial charge in [-0.15, -0.1) is 0 Å². The zero-order valence-electron chi connectivity index (χ0n) is 27.3. The predicted octanol–water partition coefficient (Wildman–Crippen LogP) is 6.09. The number of nitrogens with one attached hydrogen (secondary N) is 1. The Balaban J connectivity index is 1.29. The molecule has 1 atom stereocenters. The van der Waals surface area contributed by atoms with E-state index in [4.69, 9.17) is 0 Å². The zero-order chi connectivity index (χ0) is 32.5. The number of hydrogen-bond acceptors (Lipinski definition) is 4. The van der Waals surface area contributed by atoms with Gasteiger partial charge in [-0.25, -0.2) is 8.42 Å². The molecule has 8 heteroatoms. The summed E-state index contributed by atoms with van der Waals surface area (Å²) in [5, 5.41) is 3.00. The smallest absolute Gasteiger partial charge is 0.244 e. The van der Waals surface area contributed by atoms with Crippen molar-refractivity contribution in [1.82, 2.24) is 10.2 Å². The van der Waals surface area contributed by atoms with Crippen LogP contribution in [0.3, 0.4) is 0 Å². The monoisotopic (exact) mass is 641 g/mol. The minimum Gasteiger partial charge on any atom is -0.352 e. The standard InChI is InChI=1S/C38H47N3O4S/c1-27(2)39-37(43)35(21-28-10-6-4-7-11-28)40(25-29-12-8-5-9-13-29)36(42)26-41(46(3,44)45)34-16-14-33(15-17-34)38-22-30-18-31(23-38)20-32(19-30)24-38/h4-17,27,30-32,35H,18-26H2,1-3H3,(H,39,43)/t30?,31?,32?,35-,38?/m0/s1. The molecule has 3 aromatic rings. The van der Waals surface area contributed by atoms with E-state index in [1.807, 2.05) is 86.6 Å². The molecule has 0 heterocycles. The number of benzene rings is 3. The van der Waals surface area contributed by atoms with E-state index in [9.17, 15) is 18.0 Å². The van der Waals surface area contributed by atoms with Crippen molar-refractivity contribution in [1.29, 1.82) is 0 Å². The Labute approximate surface area is 274 Å². The van der Waals surface area contributed by atoms with E-state index in [0.717, 1.165) is 35.1 Å². The molecule has 0 aromatic heterocycles. The number of anilines is 1. The van der Waals surface area contributed by atoms with Gasteiger partial charge in [0.25, 0.3) is 0 Å². The Bertz CT molecular complexity index is 1590. The van der Waals surface area contributed by atoms with Gasteiger partial charge in [0.1, 0.15) is 12.6 Å². The molecule has 7 rings (SSSR count). The average Bonchev–Trinajstić information content (AvgIpc) is 3.01. The predicted molar refractivity (Wildman–Crippen MR) is 183 cm³/mol. The summed E-state index contributed by atoms with van der Waals surface area (Å²) < 4.78 is 27.7. The molecule has 46 heavy (non-hydrogen) atoms. The lowest BCUT2D eigenvalue weighted by atomic mass is 9.48. The van der Waals surface area contributed by atoms with Gasteiger partial charge in [0, 0.05) is 19.0 Å². The first-order chi connectivity index (χ1) is 22.0. The number of carbonyl (C=O) groups excluding carboxylic acids is 2. The molecule has 244 valence electrons. The van der Waals surface area contributed by atoms with Crippen molar-refractivity contribution in [3.63, 3.8) is 0 Å². The topological polar surface area (TPSA) is 86.8 Å². The summed E-state index contributed by atoms with van der Waals surface area (Å²) in [5.41, 5.74) is 3.74. The molecule has 4 aliphatic carbocycles. The normalized spacial score (nSPS) is 24.0. The molecule has 4 fully saturated rings. The number of sulfonamides is 1. The Morgan fingerprint density at radius 2 is 1.33 bits per heavy atom. The van der Waals surface area contributed by atoms with Crippen molar-refractivity contribution in [2.45, 2.75) is 82.8 Å². The Hall–Kier alpha value is -3.65. The molecule has 0 unspecified atom stereocenters. The summed E-state index contributed by atoms with van der Waals surface area (Å²) in [6.07, 6.45) is 9.20. The fourth-order valence-corrected chi connectivity index (χ4v) is 9.62. The second kappa shape index (κ2) is 13.2. The summed E-state index contributed by atoms with van der Waals surface area (Å²) in [7, 11) is -3.82. The van der Waals surface area contributed by atoms with Crippen LogP contribution in [0.2, 0.25) is 0 Å². The molecule has 4 saturated carbocycles. The van der Waals surface area contributed by atoms with Gasteiger partial charge in [-0.3, -0.25) is 13.9 Å². The molecule has 1 N–H and O–H groups in total. The first-order valence-corrected chi connectivity index (χ1v) is 18.6. The van der Waals surface area contributed by atoms with Crippen molar-refractivity contribution in [3.05, 3.63) is 102 Å². The van der Waals surface area contributed by atoms with Crippen LogP contribution < -0.4 is 9.62 Å². The molecule has 0 aliphatic heterocycles. The zero-order valence-corrected chi connectivity index (χ0v) is 28.1. The lowest BCUT2D eigenvalue weighted by Gasteiger charge is -2.57. The molecule has 4 bridgehead atoms. The van der Waals surface area contributed by atoms with Crippen LogP contribution in [0, 0.1) is 17.8 Å². The first kappa shape index (κ1) is 32.3. The van der Waals surface area contributed by atoms with Crippen LogP contribution in [0.25, 0.3) is 0 Å². The third kappa shape index (κ3) is 7.17. The van der Waals surface area contributed by atoms with Crippen molar-refractivity contribution >= 4 is 27.5 Å². The fourth-order valence-electron chi connectivity index (χ4n) is 8.77. The van der Waals surface area contributed by atoms with Gasteiger partial charge in [-0.05, 0) is 104 Å². The maximum Gasteiger partial charge on any atom is 0.244 e. The number of amides is 2. The molecule has 4 aliphatic rings. The lowest BCUT2D eigenvalue weighted by Crippen LogP contribution is -2.54. The largest absolute Gasteiger partial charge is 0.352 e. The second-order valence-electron chi connectivity index (χ2n) is 14.4. The minimum atomic E-state index is -3.82. The first-order valence-electron chi connectivity index (χ1n) is 16.7. The average molecular weight is 642 g/mol. The number of carbonyl (C=O) groups is 2. The third-order valence-corrected chi connectivity index (χ3v) is 11.5. The van der Waals surface area contributed by atoms with E-state index in [1.54, 1.807) is 4.90 Å². The van der Waals surface area contributed by atoms with Gasteiger partial charge in [0.05, 0.1) is 11.9 Å². The highest BCUT2D eigenvalue weighted by Gasteiger charge is 2.51. The van der Waals surface area contributed by atoms with E-state index >= 15 is 0 Å². The highest BCUT2D eigenvalue weighted by atomic mass is 32.2. The molecule has 0 radical (unpaired) electrons. The maximum atomic E-state index is 14.3. The number of rotatable bonds is 12.